The van der Waals surface area contributed by atoms with Crippen LogP contribution in [0.25, 0.3) is 0 Å². The molecule has 1 aliphatic rings. The van der Waals surface area contributed by atoms with E-state index in [1.807, 2.05) is 11.9 Å². The molecule has 1 N–H and O–H groups in total. The lowest BCUT2D eigenvalue weighted by molar-refractivity contribution is -0.160. The summed E-state index contributed by atoms with van der Waals surface area (Å²) in [6, 6.07) is 0. The number of rotatable bonds is 1. The van der Waals surface area contributed by atoms with Crippen molar-refractivity contribution in [2.45, 2.75) is 18.9 Å². The molecular formula is C9H17NO3. The van der Waals surface area contributed by atoms with Gasteiger partial charge in [-0.25, -0.2) is 0 Å². The zero-order chi connectivity index (χ0) is 10.1. The number of carbonyl (C=O) groups excluding carboxylic acids is 1. The highest BCUT2D eigenvalue weighted by Gasteiger charge is 2.41. The average molecular weight is 187 g/mol. The van der Waals surface area contributed by atoms with Crippen LogP contribution in [0.4, 0.5) is 0 Å². The molecule has 0 saturated carbocycles. The van der Waals surface area contributed by atoms with Crippen molar-refractivity contribution in [3.05, 3.63) is 0 Å². The average Bonchev–Trinajstić information content (AvgIpc) is 2.08. The minimum absolute atomic E-state index is 0.323. The molecule has 1 saturated heterocycles. The van der Waals surface area contributed by atoms with Crippen molar-refractivity contribution in [3.8, 4) is 0 Å². The first kappa shape index (κ1) is 10.5. The van der Waals surface area contributed by atoms with E-state index in [0.29, 0.717) is 13.0 Å². The van der Waals surface area contributed by atoms with Crippen molar-refractivity contribution >= 4 is 5.97 Å². The number of likely N-dealkylation sites (tertiary alicyclic amines) is 1. The number of methoxy groups -OCH3 is 1. The van der Waals surface area contributed by atoms with Gasteiger partial charge in [0.15, 0.2) is 0 Å². The Morgan fingerprint density at radius 3 is 2.85 bits per heavy atom. The fourth-order valence-corrected chi connectivity index (χ4v) is 1.66. The molecule has 1 fully saturated rings. The maximum atomic E-state index is 11.3. The van der Waals surface area contributed by atoms with Gasteiger partial charge in [0.05, 0.1) is 18.6 Å². The number of hydrogen-bond acceptors (Lipinski definition) is 4. The molecule has 2 atom stereocenters. The zero-order valence-electron chi connectivity index (χ0n) is 8.41. The first-order valence-electron chi connectivity index (χ1n) is 4.46. The van der Waals surface area contributed by atoms with Crippen LogP contribution in [-0.2, 0) is 9.53 Å². The van der Waals surface area contributed by atoms with Crippen molar-refractivity contribution in [3.63, 3.8) is 0 Å². The van der Waals surface area contributed by atoms with Crippen LogP contribution in [0.5, 0.6) is 0 Å². The summed E-state index contributed by atoms with van der Waals surface area (Å²) in [5.41, 5.74) is -0.917. The lowest BCUT2D eigenvalue weighted by atomic mass is 9.83. The maximum absolute atomic E-state index is 11.3. The van der Waals surface area contributed by atoms with E-state index in [9.17, 15) is 9.90 Å². The first-order chi connectivity index (χ1) is 5.97. The predicted molar refractivity (Wildman–Crippen MR) is 48.2 cm³/mol. The topological polar surface area (TPSA) is 49.8 Å². The Labute approximate surface area is 78.5 Å². The van der Waals surface area contributed by atoms with Gasteiger partial charge in [-0.1, -0.05) is 0 Å². The number of hydrogen-bond donors (Lipinski definition) is 1. The molecule has 1 aliphatic heterocycles. The lowest BCUT2D eigenvalue weighted by Gasteiger charge is -2.39. The first-order valence-corrected chi connectivity index (χ1v) is 4.46. The zero-order valence-corrected chi connectivity index (χ0v) is 8.41. The van der Waals surface area contributed by atoms with Crippen LogP contribution in [0, 0.1) is 5.92 Å². The number of aliphatic hydroxyl groups is 1. The highest BCUT2D eigenvalue weighted by molar-refractivity contribution is 5.74. The van der Waals surface area contributed by atoms with Crippen LogP contribution >= 0.6 is 0 Å². The molecule has 76 valence electrons. The fourth-order valence-electron chi connectivity index (χ4n) is 1.66. The number of ether oxygens (including phenoxy) is 1. The van der Waals surface area contributed by atoms with E-state index in [4.69, 9.17) is 0 Å². The van der Waals surface area contributed by atoms with Crippen molar-refractivity contribution < 1.29 is 14.6 Å². The SMILES string of the molecule is COC(=O)[C@@H]1CN(C)CC[C@]1(C)O. The Kier molecular flexibility index (Phi) is 2.93. The highest BCUT2D eigenvalue weighted by atomic mass is 16.5. The van der Waals surface area contributed by atoms with Crippen molar-refractivity contribution in [2.24, 2.45) is 5.92 Å². The van der Waals surface area contributed by atoms with Gasteiger partial charge >= 0.3 is 5.97 Å². The molecule has 0 aliphatic carbocycles. The van der Waals surface area contributed by atoms with Crippen LogP contribution in [0.1, 0.15) is 13.3 Å². The van der Waals surface area contributed by atoms with Crippen LogP contribution in [0.15, 0.2) is 0 Å². The smallest absolute Gasteiger partial charge is 0.312 e. The second kappa shape index (κ2) is 3.64. The van der Waals surface area contributed by atoms with Gasteiger partial charge in [0.2, 0.25) is 0 Å². The van der Waals surface area contributed by atoms with Crippen LogP contribution < -0.4 is 0 Å². The van der Waals surface area contributed by atoms with E-state index in [-0.39, 0.29) is 5.97 Å². The van der Waals surface area contributed by atoms with Gasteiger partial charge in [0, 0.05) is 13.1 Å². The Morgan fingerprint density at radius 2 is 2.31 bits per heavy atom. The minimum atomic E-state index is -0.917. The standard InChI is InChI=1S/C9H17NO3/c1-9(12)4-5-10(2)6-7(9)8(11)13-3/h7,12H,4-6H2,1-3H3/t7-,9-/m0/s1. The third-order valence-corrected chi connectivity index (χ3v) is 2.73. The molecule has 0 unspecified atom stereocenters. The summed E-state index contributed by atoms with van der Waals surface area (Å²) in [5, 5.41) is 9.93. The quantitative estimate of drug-likeness (QED) is 0.581. The number of nitrogens with zero attached hydrogens (tertiary/aromatic N) is 1. The van der Waals surface area contributed by atoms with Gasteiger partial charge in [0.1, 0.15) is 0 Å². The second-order valence-electron chi connectivity index (χ2n) is 3.95. The predicted octanol–water partition coefficient (Wildman–Crippen LogP) is -0.138. The lowest BCUT2D eigenvalue weighted by Crippen LogP contribution is -2.52. The maximum Gasteiger partial charge on any atom is 0.312 e. The van der Waals surface area contributed by atoms with E-state index in [2.05, 4.69) is 4.74 Å². The summed E-state index contributed by atoms with van der Waals surface area (Å²) in [6.45, 7) is 3.09. The molecule has 1 heterocycles. The number of esters is 1. The monoisotopic (exact) mass is 187 g/mol. The van der Waals surface area contributed by atoms with Gasteiger partial charge in [-0.2, -0.15) is 0 Å². The van der Waals surface area contributed by atoms with E-state index in [0.717, 1.165) is 6.54 Å². The molecule has 0 amide bonds. The Morgan fingerprint density at radius 1 is 1.69 bits per heavy atom. The third kappa shape index (κ3) is 2.19. The van der Waals surface area contributed by atoms with Crippen LogP contribution in [-0.4, -0.2) is 48.8 Å². The summed E-state index contributed by atoms with van der Waals surface area (Å²) >= 11 is 0. The molecule has 0 aromatic heterocycles. The normalized spacial score (nSPS) is 35.8. The molecular weight excluding hydrogens is 170 g/mol. The summed E-state index contributed by atoms with van der Waals surface area (Å²) < 4.78 is 4.65. The molecule has 0 aromatic carbocycles. The van der Waals surface area contributed by atoms with Gasteiger partial charge in [-0.05, 0) is 20.4 Å². The summed E-state index contributed by atoms with van der Waals surface area (Å²) in [5.74, 6) is -0.743. The van der Waals surface area contributed by atoms with Crippen LogP contribution in [0.3, 0.4) is 0 Å². The summed E-state index contributed by atoms with van der Waals surface area (Å²) in [7, 11) is 3.29. The van der Waals surface area contributed by atoms with Gasteiger partial charge < -0.3 is 14.7 Å². The summed E-state index contributed by atoms with van der Waals surface area (Å²) in [6.07, 6.45) is 0.614. The summed E-state index contributed by atoms with van der Waals surface area (Å²) in [4.78, 5) is 13.3. The molecule has 0 spiro atoms. The Bertz CT molecular complexity index is 203. The van der Waals surface area contributed by atoms with Crippen molar-refractivity contribution in [1.29, 1.82) is 0 Å². The molecule has 4 nitrogen and oxygen atoms in total. The van der Waals surface area contributed by atoms with E-state index < -0.39 is 11.5 Å². The van der Waals surface area contributed by atoms with Gasteiger partial charge in [0.25, 0.3) is 0 Å². The van der Waals surface area contributed by atoms with E-state index >= 15 is 0 Å². The second-order valence-corrected chi connectivity index (χ2v) is 3.95. The molecule has 1 rings (SSSR count). The molecule has 0 bridgehead atoms. The van der Waals surface area contributed by atoms with Gasteiger partial charge in [-0.15, -0.1) is 0 Å². The van der Waals surface area contributed by atoms with E-state index in [1.165, 1.54) is 7.11 Å². The Balaban J connectivity index is 2.72. The molecule has 13 heavy (non-hydrogen) atoms. The van der Waals surface area contributed by atoms with Crippen molar-refractivity contribution in [1.82, 2.24) is 4.90 Å². The number of carbonyl (C=O) groups is 1. The fraction of sp³-hybridized carbons (Fsp3) is 0.889. The molecule has 4 heteroatoms. The van der Waals surface area contributed by atoms with Crippen molar-refractivity contribution in [2.75, 3.05) is 27.2 Å². The van der Waals surface area contributed by atoms with Crippen LogP contribution in [0.2, 0.25) is 0 Å². The van der Waals surface area contributed by atoms with E-state index in [1.54, 1.807) is 6.92 Å². The van der Waals surface area contributed by atoms with Gasteiger partial charge in [-0.3, -0.25) is 4.79 Å². The highest BCUT2D eigenvalue weighted by Crippen LogP contribution is 2.27. The number of piperidine rings is 1. The third-order valence-electron chi connectivity index (χ3n) is 2.73. The largest absolute Gasteiger partial charge is 0.469 e. The molecule has 0 aromatic rings. The molecule has 0 radical (unpaired) electrons. The minimum Gasteiger partial charge on any atom is -0.469 e. The Hall–Kier alpha value is -0.610.